The molecule has 2 aliphatic carbocycles. The first-order chi connectivity index (χ1) is 16.4. The number of amides is 2. The van der Waals surface area contributed by atoms with Crippen molar-refractivity contribution in [3.8, 4) is 23.0 Å². The van der Waals surface area contributed by atoms with Gasteiger partial charge in [-0.2, -0.15) is 0 Å². The summed E-state index contributed by atoms with van der Waals surface area (Å²) >= 11 is 0. The quantitative estimate of drug-likeness (QED) is 0.613. The molecule has 7 nitrogen and oxygen atoms in total. The SMILES string of the molecule is CC#CCC(NC(=O)OCC1c2ccccc2-c2ccccc21)C(=O)N(C)C1(C(=O)O)CCC1. The van der Waals surface area contributed by atoms with Gasteiger partial charge in [-0.05, 0) is 48.4 Å². The van der Waals surface area contributed by atoms with Gasteiger partial charge in [0.25, 0.3) is 0 Å². The molecule has 0 heterocycles. The number of benzene rings is 2. The van der Waals surface area contributed by atoms with Crippen molar-refractivity contribution in [2.75, 3.05) is 13.7 Å². The highest BCUT2D eigenvalue weighted by atomic mass is 16.5. The molecule has 0 radical (unpaired) electrons. The number of hydrogen-bond acceptors (Lipinski definition) is 4. The third-order valence-electron chi connectivity index (χ3n) is 6.97. The van der Waals surface area contributed by atoms with Gasteiger partial charge in [-0.1, -0.05) is 48.5 Å². The van der Waals surface area contributed by atoms with Crippen LogP contribution < -0.4 is 5.32 Å². The molecule has 4 rings (SSSR count). The molecule has 2 aliphatic rings. The molecule has 0 spiro atoms. The van der Waals surface area contributed by atoms with Gasteiger partial charge in [0, 0.05) is 19.4 Å². The Morgan fingerprint density at radius 1 is 1.12 bits per heavy atom. The summed E-state index contributed by atoms with van der Waals surface area (Å²) in [6.07, 6.45) is 0.857. The lowest BCUT2D eigenvalue weighted by Crippen LogP contribution is -2.63. The van der Waals surface area contributed by atoms with E-state index in [1.807, 2.05) is 36.4 Å². The van der Waals surface area contributed by atoms with Crippen molar-refractivity contribution in [3.63, 3.8) is 0 Å². The van der Waals surface area contributed by atoms with Crippen LogP contribution in [0, 0.1) is 11.8 Å². The topological polar surface area (TPSA) is 95.9 Å². The number of carboxylic acid groups (broad SMARTS) is 1. The van der Waals surface area contributed by atoms with Gasteiger partial charge in [-0.25, -0.2) is 9.59 Å². The smallest absolute Gasteiger partial charge is 0.407 e. The Kier molecular flexibility index (Phi) is 6.60. The number of carboxylic acids is 1. The van der Waals surface area contributed by atoms with Crippen LogP contribution in [0.5, 0.6) is 0 Å². The predicted octanol–water partition coefficient (Wildman–Crippen LogP) is 3.77. The van der Waals surface area contributed by atoms with Crippen LogP contribution >= 0.6 is 0 Å². The fourth-order valence-electron chi connectivity index (χ4n) is 4.84. The summed E-state index contributed by atoms with van der Waals surface area (Å²) in [4.78, 5) is 38.9. The van der Waals surface area contributed by atoms with Gasteiger partial charge in [0.05, 0.1) is 0 Å². The molecule has 0 bridgehead atoms. The minimum atomic E-state index is -1.22. The maximum Gasteiger partial charge on any atom is 0.407 e. The molecule has 2 aromatic rings. The van der Waals surface area contributed by atoms with Crippen molar-refractivity contribution in [3.05, 3.63) is 59.7 Å². The fourth-order valence-corrected chi connectivity index (χ4v) is 4.84. The lowest BCUT2D eigenvalue weighted by molar-refractivity contribution is -0.164. The second kappa shape index (κ2) is 9.60. The second-order valence-corrected chi connectivity index (χ2v) is 8.74. The summed E-state index contributed by atoms with van der Waals surface area (Å²) in [6, 6.07) is 15.1. The van der Waals surface area contributed by atoms with Crippen molar-refractivity contribution < 1.29 is 24.2 Å². The van der Waals surface area contributed by atoms with Gasteiger partial charge in [0.2, 0.25) is 5.91 Å². The van der Waals surface area contributed by atoms with Gasteiger partial charge >= 0.3 is 12.1 Å². The Morgan fingerprint density at radius 3 is 2.21 bits per heavy atom. The summed E-state index contributed by atoms with van der Waals surface area (Å²) in [6.45, 7) is 1.76. The number of rotatable bonds is 7. The minimum Gasteiger partial charge on any atom is -0.479 e. The molecule has 1 unspecified atom stereocenters. The average Bonchev–Trinajstić information content (AvgIpc) is 3.12. The van der Waals surface area contributed by atoms with Crippen molar-refractivity contribution in [1.29, 1.82) is 0 Å². The summed E-state index contributed by atoms with van der Waals surface area (Å²) in [5.74, 6) is 3.92. The number of fused-ring (bicyclic) bond motifs is 3. The van der Waals surface area contributed by atoms with Crippen LogP contribution in [-0.2, 0) is 14.3 Å². The third kappa shape index (κ3) is 4.12. The average molecular weight is 461 g/mol. The maximum atomic E-state index is 13.1. The van der Waals surface area contributed by atoms with E-state index in [0.29, 0.717) is 12.8 Å². The Balaban J connectivity index is 1.45. The first kappa shape index (κ1) is 23.4. The van der Waals surface area contributed by atoms with Crippen LogP contribution in [0.15, 0.2) is 48.5 Å². The van der Waals surface area contributed by atoms with Gasteiger partial charge in [0.15, 0.2) is 0 Å². The Morgan fingerprint density at radius 2 is 1.71 bits per heavy atom. The number of carbonyl (C=O) groups excluding carboxylic acids is 2. The zero-order valence-electron chi connectivity index (χ0n) is 19.3. The highest BCUT2D eigenvalue weighted by molar-refractivity contribution is 5.92. The number of carbonyl (C=O) groups is 3. The van der Waals surface area contributed by atoms with Crippen molar-refractivity contribution in [2.45, 2.75) is 50.1 Å². The molecule has 1 atom stereocenters. The zero-order chi connectivity index (χ0) is 24.3. The largest absolute Gasteiger partial charge is 0.479 e. The van der Waals surface area contributed by atoms with Crippen LogP contribution in [0.3, 0.4) is 0 Å². The number of likely N-dealkylation sites (N-methyl/N-ethyl adjacent to an activating group) is 1. The molecule has 176 valence electrons. The van der Waals surface area contributed by atoms with Crippen LogP contribution in [-0.4, -0.2) is 53.2 Å². The summed E-state index contributed by atoms with van der Waals surface area (Å²) in [5, 5.41) is 12.3. The summed E-state index contributed by atoms with van der Waals surface area (Å²) in [7, 11) is 1.47. The number of hydrogen-bond donors (Lipinski definition) is 2. The fraction of sp³-hybridized carbons (Fsp3) is 0.370. The number of nitrogens with zero attached hydrogens (tertiary/aromatic N) is 1. The van der Waals surface area contributed by atoms with E-state index in [-0.39, 0.29) is 18.9 Å². The second-order valence-electron chi connectivity index (χ2n) is 8.74. The van der Waals surface area contributed by atoms with E-state index in [1.54, 1.807) is 6.92 Å². The zero-order valence-corrected chi connectivity index (χ0v) is 19.3. The van der Waals surface area contributed by atoms with E-state index in [2.05, 4.69) is 29.3 Å². The predicted molar refractivity (Wildman–Crippen MR) is 127 cm³/mol. The lowest BCUT2D eigenvalue weighted by atomic mass is 9.75. The Labute approximate surface area is 199 Å². The molecule has 7 heteroatoms. The lowest BCUT2D eigenvalue weighted by Gasteiger charge is -2.45. The standard InChI is InChI=1S/C27H28N2O5/c1-3-4-14-23(24(30)29(2)27(25(31)32)15-9-16-27)28-26(33)34-17-22-20-12-7-5-10-18(20)19-11-6-8-13-21(19)22/h5-8,10-13,22-23H,9,14-17H2,1-2H3,(H,28,33)(H,31,32). The molecule has 1 saturated carbocycles. The number of aliphatic carboxylic acids is 1. The number of ether oxygens (including phenoxy) is 1. The summed E-state index contributed by atoms with van der Waals surface area (Å²) in [5.41, 5.74) is 3.21. The Hall–Kier alpha value is -3.79. The third-order valence-corrected chi connectivity index (χ3v) is 6.97. The van der Waals surface area contributed by atoms with Gasteiger partial charge in [-0.3, -0.25) is 4.79 Å². The van der Waals surface area contributed by atoms with Crippen molar-refractivity contribution >= 4 is 18.0 Å². The maximum absolute atomic E-state index is 13.1. The molecule has 2 aromatic carbocycles. The van der Waals surface area contributed by atoms with Gasteiger partial charge < -0.3 is 20.1 Å². The van der Waals surface area contributed by atoms with E-state index in [0.717, 1.165) is 28.7 Å². The highest BCUT2D eigenvalue weighted by Gasteiger charge is 2.50. The van der Waals surface area contributed by atoms with Gasteiger partial charge in [0.1, 0.15) is 18.2 Å². The van der Waals surface area contributed by atoms with Crippen LogP contribution in [0.2, 0.25) is 0 Å². The number of alkyl carbamates (subject to hydrolysis) is 1. The highest BCUT2D eigenvalue weighted by Crippen LogP contribution is 2.44. The van der Waals surface area contributed by atoms with E-state index >= 15 is 0 Å². The molecular weight excluding hydrogens is 432 g/mol. The minimum absolute atomic E-state index is 0.0690. The first-order valence-electron chi connectivity index (χ1n) is 11.4. The van der Waals surface area contributed by atoms with Crippen molar-refractivity contribution in [1.82, 2.24) is 10.2 Å². The molecule has 2 N–H and O–H groups in total. The molecule has 0 aromatic heterocycles. The van der Waals surface area contributed by atoms with Crippen LogP contribution in [0.1, 0.15) is 49.7 Å². The van der Waals surface area contributed by atoms with Crippen LogP contribution in [0.25, 0.3) is 11.1 Å². The van der Waals surface area contributed by atoms with E-state index in [1.165, 1.54) is 11.9 Å². The van der Waals surface area contributed by atoms with Crippen LogP contribution in [0.4, 0.5) is 4.79 Å². The molecule has 1 fully saturated rings. The van der Waals surface area contributed by atoms with E-state index in [4.69, 9.17) is 4.74 Å². The summed E-state index contributed by atoms with van der Waals surface area (Å²) < 4.78 is 5.57. The van der Waals surface area contributed by atoms with Gasteiger partial charge in [-0.15, -0.1) is 11.8 Å². The molecule has 34 heavy (non-hydrogen) atoms. The molecule has 0 saturated heterocycles. The first-order valence-corrected chi connectivity index (χ1v) is 11.4. The molecule has 2 amide bonds. The molecule has 0 aliphatic heterocycles. The number of nitrogens with one attached hydrogen (secondary N) is 1. The normalized spacial score (nSPS) is 16.1. The van der Waals surface area contributed by atoms with E-state index in [9.17, 15) is 19.5 Å². The Bertz CT molecular complexity index is 1130. The van der Waals surface area contributed by atoms with E-state index < -0.39 is 29.6 Å². The van der Waals surface area contributed by atoms with Crippen molar-refractivity contribution in [2.24, 2.45) is 0 Å². The monoisotopic (exact) mass is 460 g/mol. The molecular formula is C27H28N2O5.